The predicted molar refractivity (Wildman–Crippen MR) is 120 cm³/mol. The lowest BCUT2D eigenvalue weighted by Crippen LogP contribution is -2.08. The van der Waals surface area contributed by atoms with E-state index in [-0.39, 0.29) is 24.0 Å². The summed E-state index contributed by atoms with van der Waals surface area (Å²) < 4.78 is 26.0. The van der Waals surface area contributed by atoms with E-state index in [0.717, 1.165) is 11.4 Å². The molecule has 6 nitrogen and oxygen atoms in total. The van der Waals surface area contributed by atoms with Crippen LogP contribution < -0.4 is 9.47 Å². The normalized spacial score (nSPS) is 10.7. The molecule has 0 bridgehead atoms. The van der Waals surface area contributed by atoms with Crippen LogP contribution >= 0.6 is 11.8 Å². The zero-order valence-corrected chi connectivity index (χ0v) is 18.1. The number of carbonyl (C=O) groups is 1. The van der Waals surface area contributed by atoms with Crippen LogP contribution in [-0.2, 0) is 6.61 Å². The lowest BCUT2D eigenvalue weighted by Gasteiger charge is -2.11. The highest BCUT2D eigenvalue weighted by molar-refractivity contribution is 7.99. The van der Waals surface area contributed by atoms with Gasteiger partial charge in [-0.2, -0.15) is 0 Å². The molecule has 0 N–H and O–H groups in total. The van der Waals surface area contributed by atoms with E-state index >= 15 is 0 Å². The molecule has 0 fully saturated rings. The maximum absolute atomic E-state index is 13.1. The van der Waals surface area contributed by atoms with E-state index < -0.39 is 0 Å². The van der Waals surface area contributed by atoms with Gasteiger partial charge in [0.15, 0.2) is 16.8 Å². The minimum atomic E-state index is -0.375. The third kappa shape index (κ3) is 5.15. The van der Waals surface area contributed by atoms with E-state index in [4.69, 9.17) is 9.47 Å². The van der Waals surface area contributed by atoms with Crippen molar-refractivity contribution >= 4 is 17.5 Å². The molecular weight excluding hydrogens is 429 g/mol. The molecule has 0 aliphatic heterocycles. The van der Waals surface area contributed by atoms with Crippen molar-refractivity contribution in [2.45, 2.75) is 11.8 Å². The average molecular weight is 450 g/mol. The second-order valence-corrected chi connectivity index (χ2v) is 7.70. The number of halogens is 1. The van der Waals surface area contributed by atoms with Crippen molar-refractivity contribution in [3.8, 4) is 17.2 Å². The lowest BCUT2D eigenvalue weighted by molar-refractivity contribution is 0.102. The molecule has 0 aliphatic carbocycles. The van der Waals surface area contributed by atoms with Crippen LogP contribution in [0.4, 0.5) is 4.39 Å². The molecule has 4 rings (SSSR count). The van der Waals surface area contributed by atoms with Crippen molar-refractivity contribution < 1.29 is 18.7 Å². The van der Waals surface area contributed by atoms with Gasteiger partial charge in [-0.3, -0.25) is 9.36 Å². The molecule has 0 saturated heterocycles. The Morgan fingerprint density at radius 1 is 0.938 bits per heavy atom. The number of carbonyl (C=O) groups excluding carboxylic acids is 1. The Labute approximate surface area is 189 Å². The van der Waals surface area contributed by atoms with Gasteiger partial charge in [-0.15, -0.1) is 10.2 Å². The maximum atomic E-state index is 13.1. The van der Waals surface area contributed by atoms with Crippen LogP contribution in [0.3, 0.4) is 0 Å². The zero-order valence-electron chi connectivity index (χ0n) is 17.3. The van der Waals surface area contributed by atoms with Crippen molar-refractivity contribution in [1.82, 2.24) is 14.8 Å². The third-order valence-electron chi connectivity index (χ3n) is 4.64. The number of nitrogens with zero attached hydrogens (tertiary/aromatic N) is 3. The van der Waals surface area contributed by atoms with Gasteiger partial charge in [-0.05, 0) is 60.7 Å². The maximum Gasteiger partial charge on any atom is 0.196 e. The summed E-state index contributed by atoms with van der Waals surface area (Å²) in [5.41, 5.74) is 1.32. The van der Waals surface area contributed by atoms with E-state index in [1.54, 1.807) is 7.11 Å². The summed E-state index contributed by atoms with van der Waals surface area (Å²) in [7, 11) is 1.61. The van der Waals surface area contributed by atoms with Gasteiger partial charge in [0.1, 0.15) is 23.9 Å². The lowest BCUT2D eigenvalue weighted by atomic mass is 10.1. The number of ether oxygens (including phenoxy) is 2. The average Bonchev–Trinajstić information content (AvgIpc) is 3.25. The van der Waals surface area contributed by atoms with Crippen molar-refractivity contribution in [2.75, 3.05) is 12.9 Å². The molecule has 0 saturated carbocycles. The number of Topliss-reactive ketones (excluding diaryl/α,β-unsaturated/α-hetero) is 1. The van der Waals surface area contributed by atoms with Crippen LogP contribution in [0.1, 0.15) is 16.2 Å². The summed E-state index contributed by atoms with van der Waals surface area (Å²) in [6.45, 7) is 0.195. The monoisotopic (exact) mass is 449 g/mol. The summed E-state index contributed by atoms with van der Waals surface area (Å²) in [6, 6.07) is 22.4. The van der Waals surface area contributed by atoms with E-state index in [0.29, 0.717) is 22.3 Å². The second-order valence-electron chi connectivity index (χ2n) is 6.75. The molecule has 1 heterocycles. The molecule has 1 aromatic heterocycles. The molecule has 162 valence electrons. The van der Waals surface area contributed by atoms with Gasteiger partial charge in [-0.1, -0.05) is 30.0 Å². The molecule has 8 heteroatoms. The van der Waals surface area contributed by atoms with Crippen LogP contribution in [0.15, 0.2) is 84.0 Å². The fourth-order valence-corrected chi connectivity index (χ4v) is 3.86. The first-order valence-corrected chi connectivity index (χ1v) is 10.8. The molecule has 0 spiro atoms. The predicted octanol–water partition coefficient (Wildman–Crippen LogP) is 4.97. The molecule has 0 radical (unpaired) electrons. The minimum absolute atomic E-state index is 0.117. The van der Waals surface area contributed by atoms with Gasteiger partial charge >= 0.3 is 0 Å². The Balaban J connectivity index is 1.52. The van der Waals surface area contributed by atoms with Crippen LogP contribution in [0.5, 0.6) is 11.5 Å². The van der Waals surface area contributed by atoms with Gasteiger partial charge in [0.25, 0.3) is 0 Å². The molecule has 4 aromatic rings. The van der Waals surface area contributed by atoms with Gasteiger partial charge in [-0.25, -0.2) is 4.39 Å². The summed E-state index contributed by atoms with van der Waals surface area (Å²) >= 11 is 1.27. The minimum Gasteiger partial charge on any atom is -0.497 e. The number of methoxy groups -OCH3 is 1. The SMILES string of the molecule is COc1ccc(OCc2nnc(SCC(=O)c3ccc(F)cc3)n2-c2ccccc2)cc1. The van der Waals surface area contributed by atoms with Crippen molar-refractivity contribution in [1.29, 1.82) is 0 Å². The molecule has 0 unspecified atom stereocenters. The number of para-hydroxylation sites is 1. The highest BCUT2D eigenvalue weighted by Crippen LogP contribution is 2.24. The van der Waals surface area contributed by atoms with E-state index in [9.17, 15) is 9.18 Å². The van der Waals surface area contributed by atoms with Gasteiger partial charge in [0, 0.05) is 11.3 Å². The fourth-order valence-electron chi connectivity index (χ4n) is 2.99. The Morgan fingerprint density at radius 3 is 2.31 bits per heavy atom. The van der Waals surface area contributed by atoms with Crippen LogP contribution in [-0.4, -0.2) is 33.4 Å². The largest absolute Gasteiger partial charge is 0.497 e. The standard InChI is InChI=1S/C24H20FN3O3S/c1-30-20-11-13-21(14-12-20)31-15-23-26-27-24(28(23)19-5-3-2-4-6-19)32-16-22(29)17-7-9-18(25)10-8-17/h2-14H,15-16H2,1H3. The first kappa shape index (κ1) is 21.6. The second kappa shape index (κ2) is 10.1. The van der Waals surface area contributed by atoms with Crippen molar-refractivity contribution in [3.63, 3.8) is 0 Å². The summed E-state index contributed by atoms with van der Waals surface area (Å²) in [4.78, 5) is 12.5. The molecule has 0 amide bonds. The number of aromatic nitrogens is 3. The summed E-state index contributed by atoms with van der Waals surface area (Å²) in [5.74, 6) is 1.68. The number of rotatable bonds is 9. The quantitative estimate of drug-likeness (QED) is 0.266. The van der Waals surface area contributed by atoms with E-state index in [2.05, 4.69) is 10.2 Å². The molecule has 32 heavy (non-hydrogen) atoms. The van der Waals surface area contributed by atoms with Crippen LogP contribution in [0.25, 0.3) is 5.69 Å². The molecule has 3 aromatic carbocycles. The topological polar surface area (TPSA) is 66.2 Å². The van der Waals surface area contributed by atoms with Crippen molar-refractivity contribution in [3.05, 3.63) is 96.1 Å². The Kier molecular flexibility index (Phi) is 6.81. The highest BCUT2D eigenvalue weighted by Gasteiger charge is 2.17. The number of hydrogen-bond donors (Lipinski definition) is 0. The molecular formula is C24H20FN3O3S. The number of ketones is 1. The summed E-state index contributed by atoms with van der Waals surface area (Å²) in [6.07, 6.45) is 0. The number of thioether (sulfide) groups is 1. The number of hydrogen-bond acceptors (Lipinski definition) is 6. The van der Waals surface area contributed by atoms with Gasteiger partial charge in [0.05, 0.1) is 12.9 Å². The first-order chi connectivity index (χ1) is 15.6. The Hall–Kier alpha value is -3.65. The zero-order chi connectivity index (χ0) is 22.3. The molecule has 0 atom stereocenters. The van der Waals surface area contributed by atoms with Crippen molar-refractivity contribution in [2.24, 2.45) is 0 Å². The van der Waals surface area contributed by atoms with Gasteiger partial charge < -0.3 is 9.47 Å². The third-order valence-corrected chi connectivity index (χ3v) is 5.57. The van der Waals surface area contributed by atoms with Crippen LogP contribution in [0.2, 0.25) is 0 Å². The number of benzene rings is 3. The Morgan fingerprint density at radius 2 is 1.62 bits per heavy atom. The van der Waals surface area contributed by atoms with Gasteiger partial charge in [0.2, 0.25) is 0 Å². The fraction of sp³-hybridized carbons (Fsp3) is 0.125. The van der Waals surface area contributed by atoms with E-state index in [1.807, 2.05) is 59.2 Å². The smallest absolute Gasteiger partial charge is 0.196 e. The van der Waals surface area contributed by atoms with Crippen LogP contribution in [0, 0.1) is 5.82 Å². The highest BCUT2D eigenvalue weighted by atomic mass is 32.2. The van der Waals surface area contributed by atoms with E-state index in [1.165, 1.54) is 36.0 Å². The molecule has 0 aliphatic rings. The summed E-state index contributed by atoms with van der Waals surface area (Å²) in [5, 5.41) is 9.13. The Bertz CT molecular complexity index is 1180. The first-order valence-electron chi connectivity index (χ1n) is 9.82.